The molecule has 0 aliphatic carbocycles. The Morgan fingerprint density at radius 2 is 1.90 bits per heavy atom. The molecule has 8 nitrogen and oxygen atoms in total. The largest absolute Gasteiger partial charge is 0.394 e. The van der Waals surface area contributed by atoms with E-state index in [0.29, 0.717) is 23.8 Å². The molecule has 0 radical (unpaired) electrons. The number of hydrogen-bond donors (Lipinski definition) is 3. The molecule has 1 atom stereocenters. The first-order chi connectivity index (χ1) is 14.4. The van der Waals surface area contributed by atoms with Crippen LogP contribution in [0.2, 0.25) is 0 Å². The number of nitro groups is 1. The van der Waals surface area contributed by atoms with E-state index >= 15 is 0 Å². The zero-order chi connectivity index (χ0) is 21.7. The number of benzene rings is 1. The first-order valence-electron chi connectivity index (χ1n) is 9.77. The highest BCUT2D eigenvalue weighted by Crippen LogP contribution is 2.30. The van der Waals surface area contributed by atoms with Crippen molar-refractivity contribution in [2.45, 2.75) is 39.2 Å². The van der Waals surface area contributed by atoms with Gasteiger partial charge in [0.2, 0.25) is 5.82 Å². The summed E-state index contributed by atoms with van der Waals surface area (Å²) in [5.74, 6) is 0.987. The summed E-state index contributed by atoms with van der Waals surface area (Å²) in [7, 11) is 0. The van der Waals surface area contributed by atoms with E-state index in [2.05, 4.69) is 34.4 Å². The van der Waals surface area contributed by atoms with Crippen LogP contribution in [0.1, 0.15) is 38.1 Å². The number of rotatable bonds is 9. The third-order valence-corrected chi connectivity index (χ3v) is 5.74. The minimum Gasteiger partial charge on any atom is -0.394 e. The number of hydrogen-bond acceptors (Lipinski definition) is 8. The van der Waals surface area contributed by atoms with E-state index in [4.69, 9.17) is 0 Å². The molecule has 158 valence electrons. The Labute approximate surface area is 179 Å². The molecular weight excluding hydrogens is 402 g/mol. The highest BCUT2D eigenvalue weighted by Gasteiger charge is 2.17. The van der Waals surface area contributed by atoms with Crippen LogP contribution in [0.5, 0.6) is 0 Å². The molecule has 0 aliphatic heterocycles. The number of aliphatic hydroxyl groups is 1. The molecule has 9 heteroatoms. The van der Waals surface area contributed by atoms with Gasteiger partial charge in [-0.15, -0.1) is 11.3 Å². The maximum atomic E-state index is 11.4. The molecule has 1 aromatic carbocycles. The van der Waals surface area contributed by atoms with Gasteiger partial charge in [-0.2, -0.15) is 0 Å². The number of nitrogens with one attached hydrogen (secondary N) is 2. The quantitative estimate of drug-likeness (QED) is 0.319. The third kappa shape index (κ3) is 5.11. The first kappa shape index (κ1) is 21.7. The number of aromatic nitrogens is 2. The lowest BCUT2D eigenvalue weighted by Crippen LogP contribution is -2.23. The van der Waals surface area contributed by atoms with Gasteiger partial charge in [0, 0.05) is 28.6 Å². The molecule has 0 amide bonds. The molecule has 3 aromatic rings. The van der Waals surface area contributed by atoms with E-state index in [1.54, 1.807) is 17.4 Å². The van der Waals surface area contributed by atoms with Crippen molar-refractivity contribution in [2.24, 2.45) is 0 Å². The number of pyridine rings is 1. The maximum Gasteiger partial charge on any atom is 0.311 e. The van der Waals surface area contributed by atoms with Crippen molar-refractivity contribution in [3.8, 4) is 11.3 Å². The van der Waals surface area contributed by atoms with Crippen molar-refractivity contribution < 1.29 is 10.0 Å². The van der Waals surface area contributed by atoms with Crippen LogP contribution in [-0.4, -0.2) is 32.6 Å². The topological polar surface area (TPSA) is 113 Å². The van der Waals surface area contributed by atoms with Gasteiger partial charge < -0.3 is 15.7 Å². The summed E-state index contributed by atoms with van der Waals surface area (Å²) >= 11 is 1.64. The van der Waals surface area contributed by atoms with Crippen LogP contribution in [0.15, 0.2) is 41.8 Å². The molecule has 3 rings (SSSR count). The molecule has 3 N–H and O–H groups in total. The minimum absolute atomic E-state index is 0.0471. The van der Waals surface area contributed by atoms with Gasteiger partial charge in [-0.05, 0) is 24.6 Å². The second-order valence-electron chi connectivity index (χ2n) is 7.18. The third-order valence-electron chi connectivity index (χ3n) is 4.60. The summed E-state index contributed by atoms with van der Waals surface area (Å²) in [6.07, 6.45) is 0.703. The van der Waals surface area contributed by atoms with Gasteiger partial charge in [0.15, 0.2) is 0 Å². The zero-order valence-corrected chi connectivity index (χ0v) is 17.9. The van der Waals surface area contributed by atoms with Gasteiger partial charge in [0.1, 0.15) is 5.82 Å². The lowest BCUT2D eigenvalue weighted by atomic mass is 10.1. The van der Waals surface area contributed by atoms with Gasteiger partial charge in [-0.3, -0.25) is 10.1 Å². The van der Waals surface area contributed by atoms with Crippen molar-refractivity contribution in [1.82, 2.24) is 9.97 Å². The van der Waals surface area contributed by atoms with Crippen LogP contribution in [0.25, 0.3) is 11.3 Å². The first-order valence-corrected chi connectivity index (χ1v) is 10.6. The molecule has 0 fully saturated rings. The van der Waals surface area contributed by atoms with Crippen LogP contribution < -0.4 is 10.6 Å². The number of anilines is 3. The number of nitrogens with zero attached hydrogens (tertiary/aromatic N) is 3. The number of thiazole rings is 1. The normalized spacial score (nSPS) is 12.0. The van der Waals surface area contributed by atoms with Gasteiger partial charge >= 0.3 is 5.69 Å². The Morgan fingerprint density at radius 1 is 1.17 bits per heavy atom. The Hall–Kier alpha value is -3.04. The van der Waals surface area contributed by atoms with Crippen LogP contribution in [-0.2, 0) is 0 Å². The molecule has 2 aromatic heterocycles. The van der Waals surface area contributed by atoms with E-state index in [0.717, 1.165) is 16.3 Å². The lowest BCUT2D eigenvalue weighted by Gasteiger charge is -2.15. The summed E-state index contributed by atoms with van der Waals surface area (Å²) in [6, 6.07) is 10.3. The van der Waals surface area contributed by atoms with Crippen LogP contribution in [0, 0.1) is 10.1 Å². The van der Waals surface area contributed by atoms with Crippen LogP contribution >= 0.6 is 11.3 Å². The minimum atomic E-state index is -0.473. The van der Waals surface area contributed by atoms with Gasteiger partial charge in [0.05, 0.1) is 28.3 Å². The van der Waals surface area contributed by atoms with Gasteiger partial charge in [0.25, 0.3) is 0 Å². The zero-order valence-electron chi connectivity index (χ0n) is 17.1. The SMILES string of the molecule is CCC(CO)Nc1ccc([N+](=O)[O-])c(Nc2ccc(-c3csc(C(C)C)n3)cc2)n1. The lowest BCUT2D eigenvalue weighted by molar-refractivity contribution is -0.384. The average molecular weight is 428 g/mol. The van der Waals surface area contributed by atoms with Crippen molar-refractivity contribution >= 4 is 34.3 Å². The predicted molar refractivity (Wildman–Crippen MR) is 121 cm³/mol. The molecule has 1 unspecified atom stereocenters. The molecule has 0 saturated carbocycles. The summed E-state index contributed by atoms with van der Waals surface area (Å²) in [6.45, 7) is 6.12. The Kier molecular flexibility index (Phi) is 6.96. The highest BCUT2D eigenvalue weighted by atomic mass is 32.1. The van der Waals surface area contributed by atoms with E-state index in [-0.39, 0.29) is 24.2 Å². The molecule has 0 aliphatic rings. The molecule has 30 heavy (non-hydrogen) atoms. The molecule has 0 bridgehead atoms. The Balaban J connectivity index is 1.82. The molecule has 0 saturated heterocycles. The fourth-order valence-corrected chi connectivity index (χ4v) is 3.65. The monoisotopic (exact) mass is 427 g/mol. The van der Waals surface area contributed by atoms with E-state index < -0.39 is 4.92 Å². The van der Waals surface area contributed by atoms with E-state index in [1.807, 2.05) is 36.6 Å². The predicted octanol–water partition coefficient (Wildman–Crippen LogP) is 5.16. The van der Waals surface area contributed by atoms with Crippen molar-refractivity contribution in [3.63, 3.8) is 0 Å². The van der Waals surface area contributed by atoms with Gasteiger partial charge in [-0.1, -0.05) is 32.9 Å². The van der Waals surface area contributed by atoms with Crippen LogP contribution in [0.3, 0.4) is 0 Å². The standard InChI is InChI=1S/C21H25N5O3S/c1-4-15(11-27)22-19-10-9-18(26(28)29)20(25-19)23-16-7-5-14(6-8-16)17-12-30-21(24-17)13(2)3/h5-10,12-13,15,27H,4,11H2,1-3H3,(H2,22,23,25). The summed E-state index contributed by atoms with van der Waals surface area (Å²) in [4.78, 5) is 19.9. The van der Waals surface area contributed by atoms with Crippen molar-refractivity contribution in [3.05, 3.63) is 56.9 Å². The maximum absolute atomic E-state index is 11.4. The second-order valence-corrected chi connectivity index (χ2v) is 8.07. The summed E-state index contributed by atoms with van der Waals surface area (Å²) in [5.41, 5.74) is 2.46. The molecule has 2 heterocycles. The fraction of sp³-hybridized carbons (Fsp3) is 0.333. The van der Waals surface area contributed by atoms with Crippen molar-refractivity contribution in [1.29, 1.82) is 0 Å². The summed E-state index contributed by atoms with van der Waals surface area (Å²) < 4.78 is 0. The fourth-order valence-electron chi connectivity index (χ4n) is 2.80. The Morgan fingerprint density at radius 3 is 2.47 bits per heavy atom. The highest BCUT2D eigenvalue weighted by molar-refractivity contribution is 7.10. The van der Waals surface area contributed by atoms with Gasteiger partial charge in [-0.25, -0.2) is 9.97 Å². The smallest absolute Gasteiger partial charge is 0.311 e. The molecular formula is C21H25N5O3S. The molecule has 0 spiro atoms. The number of aliphatic hydroxyl groups excluding tert-OH is 1. The van der Waals surface area contributed by atoms with Crippen molar-refractivity contribution in [2.75, 3.05) is 17.2 Å². The second kappa shape index (κ2) is 9.64. The average Bonchev–Trinajstić information content (AvgIpc) is 3.23. The van der Waals surface area contributed by atoms with E-state index in [1.165, 1.54) is 6.07 Å². The Bertz CT molecular complexity index is 1000. The summed E-state index contributed by atoms with van der Waals surface area (Å²) in [5, 5.41) is 30.0. The van der Waals surface area contributed by atoms with Crippen LogP contribution in [0.4, 0.5) is 23.0 Å². The van der Waals surface area contributed by atoms with E-state index in [9.17, 15) is 15.2 Å².